The molecule has 0 radical (unpaired) electrons. The van der Waals surface area contributed by atoms with Crippen LogP contribution in [0.1, 0.15) is 53.1 Å². The SMILES string of the molecule is CC(C)(C)OC(=O)N[C@H](C(=O)O)c1ccc(O[Si](C)(C)C(C)(C)C)c(Br)c1. The van der Waals surface area contributed by atoms with Crippen LogP contribution in [-0.4, -0.2) is 31.1 Å². The van der Waals surface area contributed by atoms with E-state index in [1.165, 1.54) is 0 Å². The fourth-order valence-corrected chi connectivity index (χ4v) is 3.58. The van der Waals surface area contributed by atoms with Gasteiger partial charge in [-0.15, -0.1) is 0 Å². The van der Waals surface area contributed by atoms with Gasteiger partial charge in [0.25, 0.3) is 8.32 Å². The fraction of sp³-hybridized carbons (Fsp3) is 0.579. The largest absolute Gasteiger partial charge is 0.543 e. The molecule has 1 atom stereocenters. The highest BCUT2D eigenvalue weighted by molar-refractivity contribution is 9.10. The van der Waals surface area contributed by atoms with Gasteiger partial charge in [-0.1, -0.05) is 26.8 Å². The molecule has 0 saturated carbocycles. The topological polar surface area (TPSA) is 84.9 Å². The third-order valence-corrected chi connectivity index (χ3v) is 9.33. The number of rotatable bonds is 5. The summed E-state index contributed by atoms with van der Waals surface area (Å²) in [6, 6.07) is 3.80. The van der Waals surface area contributed by atoms with Crippen LogP contribution in [0, 0.1) is 0 Å². The van der Waals surface area contributed by atoms with Gasteiger partial charge in [-0.05, 0) is 72.5 Å². The Hall–Kier alpha value is -1.54. The summed E-state index contributed by atoms with van der Waals surface area (Å²) in [7, 11) is -2.03. The highest BCUT2D eigenvalue weighted by atomic mass is 79.9. The summed E-state index contributed by atoms with van der Waals surface area (Å²) in [5.41, 5.74) is -0.294. The minimum atomic E-state index is -2.03. The van der Waals surface area contributed by atoms with E-state index in [0.29, 0.717) is 15.8 Å². The predicted octanol–water partition coefficient (Wildman–Crippen LogP) is 5.48. The molecule has 1 aromatic carbocycles. The normalized spacial score (nSPS) is 13.7. The lowest BCUT2D eigenvalue weighted by molar-refractivity contribution is -0.139. The number of carbonyl (C=O) groups excluding carboxylic acids is 1. The van der Waals surface area contributed by atoms with E-state index in [9.17, 15) is 14.7 Å². The summed E-state index contributed by atoms with van der Waals surface area (Å²) >= 11 is 3.46. The smallest absolute Gasteiger partial charge is 0.408 e. The van der Waals surface area contributed by atoms with Crippen LogP contribution in [0.15, 0.2) is 22.7 Å². The van der Waals surface area contributed by atoms with Crippen molar-refractivity contribution in [2.45, 2.75) is 71.3 Å². The van der Waals surface area contributed by atoms with Gasteiger partial charge >= 0.3 is 12.1 Å². The molecule has 152 valence electrons. The van der Waals surface area contributed by atoms with Crippen molar-refractivity contribution in [3.8, 4) is 5.75 Å². The van der Waals surface area contributed by atoms with Gasteiger partial charge in [0, 0.05) is 0 Å². The molecule has 27 heavy (non-hydrogen) atoms. The number of nitrogens with one attached hydrogen (secondary N) is 1. The molecule has 0 heterocycles. The molecule has 0 saturated heterocycles. The van der Waals surface area contributed by atoms with Gasteiger partial charge in [0.2, 0.25) is 0 Å². The van der Waals surface area contributed by atoms with E-state index in [-0.39, 0.29) is 5.04 Å². The number of ether oxygens (including phenoxy) is 1. The summed E-state index contributed by atoms with van der Waals surface area (Å²) in [4.78, 5) is 23.6. The molecule has 1 amide bonds. The number of hydrogen-bond donors (Lipinski definition) is 2. The maximum Gasteiger partial charge on any atom is 0.408 e. The number of hydrogen-bond acceptors (Lipinski definition) is 4. The van der Waals surface area contributed by atoms with Gasteiger partial charge < -0.3 is 19.6 Å². The monoisotopic (exact) mass is 459 g/mol. The van der Waals surface area contributed by atoms with E-state index in [1.54, 1.807) is 39.0 Å². The standard InChI is InChI=1S/C19H30BrNO5Si/c1-18(2,3)25-17(24)21-15(16(22)23)12-9-10-14(13(20)11-12)26-27(7,8)19(4,5)6/h9-11,15H,1-8H3,(H,21,24)(H,22,23)/t15-/m0/s1. The summed E-state index contributed by atoms with van der Waals surface area (Å²) in [6.45, 7) is 15.9. The Morgan fingerprint density at radius 1 is 1.15 bits per heavy atom. The summed E-state index contributed by atoms with van der Waals surface area (Å²) in [6.07, 6.45) is -0.785. The summed E-state index contributed by atoms with van der Waals surface area (Å²) in [5, 5.41) is 11.9. The third-order valence-electron chi connectivity index (χ3n) is 4.37. The van der Waals surface area contributed by atoms with E-state index in [0.717, 1.165) is 0 Å². The Morgan fingerprint density at radius 3 is 2.11 bits per heavy atom. The average Bonchev–Trinajstić information content (AvgIpc) is 2.43. The number of aliphatic carboxylic acids is 1. The van der Waals surface area contributed by atoms with Crippen LogP contribution >= 0.6 is 15.9 Å². The first-order chi connectivity index (χ1) is 12.0. The van der Waals surface area contributed by atoms with E-state index in [2.05, 4.69) is 55.1 Å². The Bertz CT molecular complexity index is 707. The molecule has 6 nitrogen and oxygen atoms in total. The first-order valence-electron chi connectivity index (χ1n) is 8.74. The number of benzene rings is 1. The maximum absolute atomic E-state index is 12.0. The molecular formula is C19H30BrNO5Si. The Kier molecular flexibility index (Phi) is 7.15. The molecule has 1 aromatic rings. The van der Waals surface area contributed by atoms with Crippen LogP contribution in [0.4, 0.5) is 4.79 Å². The summed E-state index contributed by atoms with van der Waals surface area (Å²) in [5.74, 6) is -0.516. The Balaban J connectivity index is 3.07. The molecule has 1 rings (SSSR count). The molecule has 0 aliphatic heterocycles. The van der Waals surface area contributed by atoms with Crippen LogP contribution < -0.4 is 9.74 Å². The van der Waals surface area contributed by atoms with Crippen LogP contribution in [0.25, 0.3) is 0 Å². The molecule has 0 aliphatic rings. The molecule has 8 heteroatoms. The van der Waals surface area contributed by atoms with Gasteiger partial charge in [0.15, 0.2) is 6.04 Å². The van der Waals surface area contributed by atoms with Crippen molar-refractivity contribution in [3.05, 3.63) is 28.2 Å². The summed E-state index contributed by atoms with van der Waals surface area (Å²) < 4.78 is 12.1. The first kappa shape index (κ1) is 23.5. The molecule has 2 N–H and O–H groups in total. The number of halogens is 1. The average molecular weight is 460 g/mol. The lowest BCUT2D eigenvalue weighted by Crippen LogP contribution is -2.44. The van der Waals surface area contributed by atoms with Gasteiger partial charge in [0.1, 0.15) is 11.4 Å². The van der Waals surface area contributed by atoms with Crippen molar-refractivity contribution in [1.82, 2.24) is 5.32 Å². The quantitative estimate of drug-likeness (QED) is 0.568. The van der Waals surface area contributed by atoms with Gasteiger partial charge in [-0.25, -0.2) is 9.59 Å². The van der Waals surface area contributed by atoms with E-state index >= 15 is 0 Å². The van der Waals surface area contributed by atoms with Crippen LogP contribution in [0.5, 0.6) is 5.75 Å². The number of carboxylic acids is 1. The van der Waals surface area contributed by atoms with E-state index < -0.39 is 32.0 Å². The van der Waals surface area contributed by atoms with Crippen LogP contribution in [0.3, 0.4) is 0 Å². The highest BCUT2D eigenvalue weighted by Gasteiger charge is 2.39. The lowest BCUT2D eigenvalue weighted by Gasteiger charge is -2.36. The number of amides is 1. The first-order valence-corrected chi connectivity index (χ1v) is 12.4. The van der Waals surface area contributed by atoms with Crippen LogP contribution in [0.2, 0.25) is 18.1 Å². The van der Waals surface area contributed by atoms with Crippen LogP contribution in [-0.2, 0) is 9.53 Å². The Labute approximate surface area is 170 Å². The maximum atomic E-state index is 12.0. The van der Waals surface area contributed by atoms with Crippen molar-refractivity contribution >= 4 is 36.3 Å². The minimum Gasteiger partial charge on any atom is -0.543 e. The van der Waals surface area contributed by atoms with Crippen molar-refractivity contribution in [3.63, 3.8) is 0 Å². The van der Waals surface area contributed by atoms with Crippen molar-refractivity contribution in [1.29, 1.82) is 0 Å². The van der Waals surface area contributed by atoms with Gasteiger partial charge in [-0.2, -0.15) is 0 Å². The van der Waals surface area contributed by atoms with Crippen molar-refractivity contribution in [2.24, 2.45) is 0 Å². The third kappa shape index (κ3) is 6.84. The predicted molar refractivity (Wildman–Crippen MR) is 112 cm³/mol. The lowest BCUT2D eigenvalue weighted by atomic mass is 10.1. The van der Waals surface area contributed by atoms with Gasteiger partial charge in [-0.3, -0.25) is 0 Å². The molecule has 0 spiro atoms. The zero-order valence-corrected chi connectivity index (χ0v) is 19.9. The number of carbonyl (C=O) groups is 2. The van der Waals surface area contributed by atoms with E-state index in [4.69, 9.17) is 9.16 Å². The second-order valence-electron chi connectivity index (χ2n) is 8.97. The van der Waals surface area contributed by atoms with E-state index in [1.807, 2.05) is 0 Å². The van der Waals surface area contributed by atoms with Crippen molar-refractivity contribution in [2.75, 3.05) is 0 Å². The fourth-order valence-electron chi connectivity index (χ4n) is 1.92. The van der Waals surface area contributed by atoms with Crippen molar-refractivity contribution < 1.29 is 23.9 Å². The highest BCUT2D eigenvalue weighted by Crippen LogP contribution is 2.39. The van der Waals surface area contributed by atoms with Gasteiger partial charge in [0.05, 0.1) is 4.47 Å². The molecular weight excluding hydrogens is 430 g/mol. The number of carboxylic acid groups (broad SMARTS) is 1. The molecule has 0 aliphatic carbocycles. The molecule has 0 unspecified atom stereocenters. The molecule has 0 bridgehead atoms. The second kappa shape index (κ2) is 8.22. The zero-order chi connectivity index (χ0) is 21.2. The Morgan fingerprint density at radius 2 is 1.70 bits per heavy atom. The molecule has 0 aromatic heterocycles. The second-order valence-corrected chi connectivity index (χ2v) is 14.5. The molecule has 0 fully saturated rings. The number of alkyl carbamates (subject to hydrolysis) is 1. The minimum absolute atomic E-state index is 0.0347. The zero-order valence-electron chi connectivity index (χ0n) is 17.3.